The normalized spacial score (nSPS) is 19.9. The van der Waals surface area contributed by atoms with E-state index < -0.39 is 18.2 Å². The lowest BCUT2D eigenvalue weighted by molar-refractivity contribution is -0.137. The van der Waals surface area contributed by atoms with Crippen LogP contribution in [0.25, 0.3) is 0 Å². The average molecular weight is 240 g/mol. The first-order valence-electron chi connectivity index (χ1n) is 6.01. The lowest BCUT2D eigenvalue weighted by Gasteiger charge is -2.02. The molecule has 0 aliphatic heterocycles. The summed E-state index contributed by atoms with van der Waals surface area (Å²) in [5.74, 6) is -0.229. The van der Waals surface area contributed by atoms with Gasteiger partial charge in [0.05, 0.1) is 12.2 Å². The van der Waals surface area contributed by atoms with E-state index in [4.69, 9.17) is 5.11 Å². The van der Waals surface area contributed by atoms with Gasteiger partial charge in [0.25, 0.3) is 0 Å². The molecule has 0 aromatic heterocycles. The third kappa shape index (κ3) is 7.71. The van der Waals surface area contributed by atoms with Crippen molar-refractivity contribution in [2.45, 2.75) is 44.3 Å². The van der Waals surface area contributed by atoms with Crippen molar-refractivity contribution in [3.8, 4) is 0 Å². The predicted molar refractivity (Wildman–Crippen MR) is 64.5 cm³/mol. The molecule has 0 aromatic rings. The Hall–Kier alpha value is -1.13. The predicted octanol–water partition coefficient (Wildman–Crippen LogP) is 1.49. The highest BCUT2D eigenvalue weighted by Crippen LogP contribution is 2.33. The summed E-state index contributed by atoms with van der Waals surface area (Å²) in [6.07, 6.45) is 8.82. The molecule has 0 heterocycles. The molecule has 96 valence electrons. The zero-order valence-corrected chi connectivity index (χ0v) is 9.83. The van der Waals surface area contributed by atoms with Crippen molar-refractivity contribution in [2.75, 3.05) is 0 Å². The van der Waals surface area contributed by atoms with Crippen LogP contribution in [-0.4, -0.2) is 33.5 Å². The molecule has 0 aromatic carbocycles. The Labute approximate surface area is 101 Å². The molecule has 1 saturated carbocycles. The van der Waals surface area contributed by atoms with Crippen LogP contribution in [0.2, 0.25) is 0 Å². The largest absolute Gasteiger partial charge is 0.481 e. The quantitative estimate of drug-likeness (QED) is 0.562. The SMILES string of the molecule is O=C(O)CC[C@H](O)/C=C/C=C/[C@H](O)CC1CC1. The van der Waals surface area contributed by atoms with E-state index in [9.17, 15) is 15.0 Å². The highest BCUT2D eigenvalue weighted by atomic mass is 16.4. The number of hydrogen-bond donors (Lipinski definition) is 3. The number of allylic oxidation sites excluding steroid dienone is 2. The summed E-state index contributed by atoms with van der Waals surface area (Å²) in [6, 6.07) is 0. The Morgan fingerprint density at radius 3 is 2.29 bits per heavy atom. The van der Waals surface area contributed by atoms with Gasteiger partial charge >= 0.3 is 5.97 Å². The van der Waals surface area contributed by atoms with E-state index in [1.165, 1.54) is 18.9 Å². The van der Waals surface area contributed by atoms with Crippen LogP contribution in [0.4, 0.5) is 0 Å². The Morgan fingerprint density at radius 2 is 1.76 bits per heavy atom. The number of hydrogen-bond acceptors (Lipinski definition) is 3. The van der Waals surface area contributed by atoms with Crippen LogP contribution in [0.5, 0.6) is 0 Å². The number of aliphatic hydroxyl groups excluding tert-OH is 2. The molecule has 1 aliphatic rings. The van der Waals surface area contributed by atoms with Gasteiger partial charge in [0.1, 0.15) is 0 Å². The highest BCUT2D eigenvalue weighted by Gasteiger charge is 2.23. The minimum absolute atomic E-state index is 0.0421. The van der Waals surface area contributed by atoms with Crippen LogP contribution < -0.4 is 0 Å². The van der Waals surface area contributed by atoms with E-state index in [1.54, 1.807) is 18.2 Å². The summed E-state index contributed by atoms with van der Waals surface area (Å²) in [5.41, 5.74) is 0. The van der Waals surface area contributed by atoms with E-state index in [-0.39, 0.29) is 12.8 Å². The first-order chi connectivity index (χ1) is 8.08. The van der Waals surface area contributed by atoms with Crippen LogP contribution in [0.3, 0.4) is 0 Å². The Balaban J connectivity index is 2.13. The lowest BCUT2D eigenvalue weighted by atomic mass is 10.1. The molecule has 3 N–H and O–H groups in total. The van der Waals surface area contributed by atoms with E-state index in [0.29, 0.717) is 5.92 Å². The second-order valence-electron chi connectivity index (χ2n) is 4.52. The Kier molecular flexibility index (Phi) is 5.94. The third-order valence-electron chi connectivity index (χ3n) is 2.70. The fourth-order valence-electron chi connectivity index (χ4n) is 1.53. The van der Waals surface area contributed by atoms with Gasteiger partial charge in [-0.3, -0.25) is 4.79 Å². The van der Waals surface area contributed by atoms with Gasteiger partial charge in [0, 0.05) is 6.42 Å². The molecule has 0 unspecified atom stereocenters. The fourth-order valence-corrected chi connectivity index (χ4v) is 1.53. The van der Waals surface area contributed by atoms with E-state index in [2.05, 4.69) is 0 Å². The van der Waals surface area contributed by atoms with Gasteiger partial charge in [-0.25, -0.2) is 0 Å². The van der Waals surface area contributed by atoms with Crippen molar-refractivity contribution in [1.82, 2.24) is 0 Å². The first-order valence-corrected chi connectivity index (χ1v) is 6.01. The molecular weight excluding hydrogens is 220 g/mol. The molecule has 1 fully saturated rings. The molecule has 1 rings (SSSR count). The molecule has 0 spiro atoms. The van der Waals surface area contributed by atoms with Gasteiger partial charge in [0.2, 0.25) is 0 Å². The van der Waals surface area contributed by atoms with Gasteiger partial charge in [-0.05, 0) is 18.8 Å². The smallest absolute Gasteiger partial charge is 0.303 e. The van der Waals surface area contributed by atoms with Crippen LogP contribution >= 0.6 is 0 Å². The van der Waals surface area contributed by atoms with Crippen LogP contribution in [-0.2, 0) is 4.79 Å². The van der Waals surface area contributed by atoms with E-state index in [0.717, 1.165) is 6.42 Å². The standard InChI is InChI=1S/C13H20O4/c14-11(7-8-13(16)17)3-1-2-4-12(15)9-10-5-6-10/h1-4,10-12,14-15H,5-9H2,(H,16,17)/b3-1+,4-2+/t11-,12+/m1/s1. The van der Waals surface area contributed by atoms with Crippen LogP contribution in [0, 0.1) is 5.92 Å². The monoisotopic (exact) mass is 240 g/mol. The van der Waals surface area contributed by atoms with Crippen molar-refractivity contribution in [3.63, 3.8) is 0 Å². The minimum Gasteiger partial charge on any atom is -0.481 e. The molecule has 0 saturated heterocycles. The summed E-state index contributed by atoms with van der Waals surface area (Å²) in [4.78, 5) is 10.2. The number of aliphatic carboxylic acids is 1. The first kappa shape index (κ1) is 13.9. The van der Waals surface area contributed by atoms with Crippen molar-refractivity contribution in [2.24, 2.45) is 5.92 Å². The van der Waals surface area contributed by atoms with Gasteiger partial charge in [-0.2, -0.15) is 0 Å². The molecule has 4 heteroatoms. The van der Waals surface area contributed by atoms with Gasteiger partial charge in [0.15, 0.2) is 0 Å². The topological polar surface area (TPSA) is 77.8 Å². The van der Waals surface area contributed by atoms with Crippen LogP contribution in [0.1, 0.15) is 32.1 Å². The van der Waals surface area contributed by atoms with Crippen LogP contribution in [0.15, 0.2) is 24.3 Å². The number of carboxylic acid groups (broad SMARTS) is 1. The zero-order chi connectivity index (χ0) is 12.7. The second kappa shape index (κ2) is 7.25. The number of carboxylic acids is 1. The molecule has 0 amide bonds. The molecular formula is C13H20O4. The van der Waals surface area contributed by atoms with Crippen molar-refractivity contribution in [3.05, 3.63) is 24.3 Å². The van der Waals surface area contributed by atoms with E-state index in [1.807, 2.05) is 0 Å². The third-order valence-corrected chi connectivity index (χ3v) is 2.70. The summed E-state index contributed by atoms with van der Waals surface area (Å²) in [7, 11) is 0. The number of carbonyl (C=O) groups is 1. The summed E-state index contributed by atoms with van der Waals surface area (Å²) >= 11 is 0. The highest BCUT2D eigenvalue weighted by molar-refractivity contribution is 5.66. The van der Waals surface area contributed by atoms with E-state index >= 15 is 0 Å². The zero-order valence-electron chi connectivity index (χ0n) is 9.83. The molecule has 0 radical (unpaired) electrons. The number of aliphatic hydroxyl groups is 2. The van der Waals surface area contributed by atoms with Crippen molar-refractivity contribution >= 4 is 5.97 Å². The Morgan fingerprint density at radius 1 is 1.18 bits per heavy atom. The second-order valence-corrected chi connectivity index (χ2v) is 4.52. The lowest BCUT2D eigenvalue weighted by Crippen LogP contribution is -2.06. The van der Waals surface area contributed by atoms with Gasteiger partial charge < -0.3 is 15.3 Å². The molecule has 17 heavy (non-hydrogen) atoms. The molecule has 0 bridgehead atoms. The maximum absolute atomic E-state index is 10.2. The maximum Gasteiger partial charge on any atom is 0.303 e. The molecule has 2 atom stereocenters. The Bertz CT molecular complexity index is 292. The fraction of sp³-hybridized carbons (Fsp3) is 0.615. The summed E-state index contributed by atoms with van der Waals surface area (Å²) in [5, 5.41) is 27.3. The summed E-state index contributed by atoms with van der Waals surface area (Å²) in [6.45, 7) is 0. The molecule has 1 aliphatic carbocycles. The average Bonchev–Trinajstić information content (AvgIpc) is 3.05. The minimum atomic E-state index is -0.909. The maximum atomic E-state index is 10.2. The van der Waals surface area contributed by atoms with Gasteiger partial charge in [-0.15, -0.1) is 0 Å². The summed E-state index contributed by atoms with van der Waals surface area (Å²) < 4.78 is 0. The van der Waals surface area contributed by atoms with Gasteiger partial charge in [-0.1, -0.05) is 37.1 Å². The van der Waals surface area contributed by atoms with Crippen molar-refractivity contribution in [1.29, 1.82) is 0 Å². The van der Waals surface area contributed by atoms with Crippen molar-refractivity contribution < 1.29 is 20.1 Å². The number of rotatable bonds is 8. The molecule has 4 nitrogen and oxygen atoms in total.